The number of rotatable bonds is 2. The van der Waals surface area contributed by atoms with Gasteiger partial charge < -0.3 is 15.2 Å². The fourth-order valence-corrected chi connectivity index (χ4v) is 2.05. The molecule has 0 saturated heterocycles. The van der Waals surface area contributed by atoms with Gasteiger partial charge >= 0.3 is 0 Å². The number of hydrogen-bond donors (Lipinski definition) is 2. The smallest absolute Gasteiger partial charge is 0.277 e. The van der Waals surface area contributed by atoms with Crippen molar-refractivity contribution in [2.75, 3.05) is 17.2 Å². The molecule has 92 valence electrons. The summed E-state index contributed by atoms with van der Waals surface area (Å²) in [4.78, 5) is 11.9. The number of carbonyl (C=O) groups is 1. The van der Waals surface area contributed by atoms with Crippen molar-refractivity contribution >= 4 is 17.3 Å². The van der Waals surface area contributed by atoms with Crippen LogP contribution in [0.3, 0.4) is 0 Å². The van der Waals surface area contributed by atoms with Crippen LogP contribution >= 0.6 is 0 Å². The number of benzene rings is 1. The lowest BCUT2D eigenvalue weighted by molar-refractivity contribution is 0.101. The van der Waals surface area contributed by atoms with Gasteiger partial charge in [0.1, 0.15) is 5.76 Å². The van der Waals surface area contributed by atoms with Crippen molar-refractivity contribution in [1.82, 2.24) is 5.16 Å². The minimum Gasteiger partial charge on any atom is -0.384 e. The van der Waals surface area contributed by atoms with E-state index in [1.807, 2.05) is 18.2 Å². The van der Waals surface area contributed by atoms with Crippen LogP contribution in [0.1, 0.15) is 21.8 Å². The second kappa shape index (κ2) is 4.18. The Labute approximate surface area is 104 Å². The maximum atomic E-state index is 11.9. The van der Waals surface area contributed by atoms with Gasteiger partial charge in [0, 0.05) is 24.0 Å². The van der Waals surface area contributed by atoms with Gasteiger partial charge in [-0.15, -0.1) is 0 Å². The molecule has 0 spiro atoms. The van der Waals surface area contributed by atoms with E-state index in [4.69, 9.17) is 4.52 Å². The molecule has 0 radical (unpaired) electrons. The quantitative estimate of drug-likeness (QED) is 0.848. The van der Waals surface area contributed by atoms with Crippen LogP contribution in [0.25, 0.3) is 0 Å². The van der Waals surface area contributed by atoms with E-state index in [0.29, 0.717) is 11.5 Å². The summed E-state index contributed by atoms with van der Waals surface area (Å²) in [6.45, 7) is 2.71. The monoisotopic (exact) mass is 243 g/mol. The average molecular weight is 243 g/mol. The van der Waals surface area contributed by atoms with Gasteiger partial charge in [0.25, 0.3) is 5.91 Å². The normalized spacial score (nSPS) is 12.9. The Kier molecular flexibility index (Phi) is 2.51. The highest BCUT2D eigenvalue weighted by molar-refractivity contribution is 6.03. The van der Waals surface area contributed by atoms with E-state index in [0.717, 1.165) is 24.3 Å². The van der Waals surface area contributed by atoms with Gasteiger partial charge in [-0.2, -0.15) is 0 Å². The molecular formula is C13H13N3O2. The first-order chi connectivity index (χ1) is 8.72. The van der Waals surface area contributed by atoms with E-state index in [1.54, 1.807) is 13.0 Å². The zero-order valence-electron chi connectivity index (χ0n) is 9.99. The van der Waals surface area contributed by atoms with Crippen LogP contribution in [-0.4, -0.2) is 17.6 Å². The summed E-state index contributed by atoms with van der Waals surface area (Å²) in [6, 6.07) is 7.46. The van der Waals surface area contributed by atoms with Crippen LogP contribution in [0, 0.1) is 6.92 Å². The van der Waals surface area contributed by atoms with Crippen molar-refractivity contribution in [3.05, 3.63) is 41.3 Å². The number of fused-ring (bicyclic) bond motifs is 1. The van der Waals surface area contributed by atoms with Crippen LogP contribution < -0.4 is 10.6 Å². The van der Waals surface area contributed by atoms with E-state index < -0.39 is 0 Å². The molecule has 2 heterocycles. The van der Waals surface area contributed by atoms with E-state index in [1.165, 1.54) is 5.56 Å². The van der Waals surface area contributed by atoms with Gasteiger partial charge in [-0.05, 0) is 37.1 Å². The first kappa shape index (κ1) is 10.8. The average Bonchev–Trinajstić information content (AvgIpc) is 2.96. The number of aromatic nitrogens is 1. The van der Waals surface area contributed by atoms with E-state index >= 15 is 0 Å². The predicted octanol–water partition coefficient (Wildman–Crippen LogP) is 2.20. The molecule has 0 fully saturated rings. The Morgan fingerprint density at radius 1 is 1.44 bits per heavy atom. The molecule has 0 atom stereocenters. The summed E-state index contributed by atoms with van der Waals surface area (Å²) < 4.78 is 4.88. The fraction of sp³-hybridized carbons (Fsp3) is 0.231. The van der Waals surface area contributed by atoms with Gasteiger partial charge in [-0.25, -0.2) is 0 Å². The summed E-state index contributed by atoms with van der Waals surface area (Å²) in [5.41, 5.74) is 3.45. The highest BCUT2D eigenvalue weighted by atomic mass is 16.5. The van der Waals surface area contributed by atoms with Crippen LogP contribution in [-0.2, 0) is 6.42 Å². The SMILES string of the molecule is Cc1cc(C(=O)Nc2ccc3c(c2)CCN3)no1. The molecule has 2 aromatic rings. The Morgan fingerprint density at radius 2 is 2.33 bits per heavy atom. The molecular weight excluding hydrogens is 230 g/mol. The lowest BCUT2D eigenvalue weighted by atomic mass is 10.1. The van der Waals surface area contributed by atoms with Gasteiger partial charge in [-0.1, -0.05) is 5.16 Å². The lowest BCUT2D eigenvalue weighted by Gasteiger charge is -2.05. The maximum absolute atomic E-state index is 11.9. The molecule has 1 aliphatic rings. The Balaban J connectivity index is 1.78. The van der Waals surface area contributed by atoms with Crippen molar-refractivity contribution in [2.24, 2.45) is 0 Å². The van der Waals surface area contributed by atoms with Crippen LogP contribution in [0.2, 0.25) is 0 Å². The number of aryl methyl sites for hydroxylation is 1. The summed E-state index contributed by atoms with van der Waals surface area (Å²) >= 11 is 0. The van der Waals surface area contributed by atoms with Crippen LogP contribution in [0.5, 0.6) is 0 Å². The van der Waals surface area contributed by atoms with Crippen molar-refractivity contribution in [3.63, 3.8) is 0 Å². The highest BCUT2D eigenvalue weighted by Crippen LogP contribution is 2.25. The number of carbonyl (C=O) groups excluding carboxylic acids is 1. The number of anilines is 2. The molecule has 2 N–H and O–H groups in total. The second-order valence-corrected chi connectivity index (χ2v) is 4.33. The number of nitrogens with one attached hydrogen (secondary N) is 2. The zero-order valence-corrected chi connectivity index (χ0v) is 9.99. The van der Waals surface area contributed by atoms with Crippen molar-refractivity contribution < 1.29 is 9.32 Å². The molecule has 1 amide bonds. The number of amides is 1. The molecule has 5 nitrogen and oxygen atoms in total. The molecule has 5 heteroatoms. The third-order valence-electron chi connectivity index (χ3n) is 2.93. The van der Waals surface area contributed by atoms with E-state index in [2.05, 4.69) is 15.8 Å². The van der Waals surface area contributed by atoms with E-state index in [-0.39, 0.29) is 5.91 Å². The summed E-state index contributed by atoms with van der Waals surface area (Å²) in [7, 11) is 0. The molecule has 1 aromatic heterocycles. The largest absolute Gasteiger partial charge is 0.384 e. The minimum absolute atomic E-state index is 0.252. The number of nitrogens with zero attached hydrogens (tertiary/aromatic N) is 1. The Morgan fingerprint density at radius 3 is 3.11 bits per heavy atom. The first-order valence-corrected chi connectivity index (χ1v) is 5.84. The molecule has 0 saturated carbocycles. The lowest BCUT2D eigenvalue weighted by Crippen LogP contribution is -2.12. The molecule has 1 aromatic carbocycles. The van der Waals surface area contributed by atoms with Crippen molar-refractivity contribution in [2.45, 2.75) is 13.3 Å². The van der Waals surface area contributed by atoms with Crippen molar-refractivity contribution in [3.8, 4) is 0 Å². The zero-order chi connectivity index (χ0) is 12.5. The van der Waals surface area contributed by atoms with Crippen LogP contribution in [0.15, 0.2) is 28.8 Å². The third kappa shape index (κ3) is 1.95. The Hall–Kier alpha value is -2.30. The molecule has 0 unspecified atom stereocenters. The minimum atomic E-state index is -0.252. The Bertz CT molecular complexity index is 604. The molecule has 0 bridgehead atoms. The molecule has 18 heavy (non-hydrogen) atoms. The van der Waals surface area contributed by atoms with Gasteiger partial charge in [0.2, 0.25) is 0 Å². The van der Waals surface area contributed by atoms with Gasteiger partial charge in [0.05, 0.1) is 0 Å². The predicted molar refractivity (Wildman–Crippen MR) is 67.8 cm³/mol. The standard InChI is InChI=1S/C13H13N3O2/c1-8-6-12(16-18-8)13(17)15-10-2-3-11-9(7-10)4-5-14-11/h2-3,6-7,14H,4-5H2,1H3,(H,15,17). The highest BCUT2D eigenvalue weighted by Gasteiger charge is 2.14. The summed E-state index contributed by atoms with van der Waals surface area (Å²) in [5, 5.41) is 9.77. The second-order valence-electron chi connectivity index (χ2n) is 4.33. The first-order valence-electron chi connectivity index (χ1n) is 5.84. The number of hydrogen-bond acceptors (Lipinski definition) is 4. The van der Waals surface area contributed by atoms with Crippen molar-refractivity contribution in [1.29, 1.82) is 0 Å². The molecule has 1 aliphatic heterocycles. The third-order valence-corrected chi connectivity index (χ3v) is 2.93. The van der Waals surface area contributed by atoms with Gasteiger partial charge in [0.15, 0.2) is 5.69 Å². The summed E-state index contributed by atoms with van der Waals surface area (Å²) in [6.07, 6.45) is 0.988. The van der Waals surface area contributed by atoms with Gasteiger partial charge in [-0.3, -0.25) is 4.79 Å². The molecule has 0 aliphatic carbocycles. The molecule has 3 rings (SSSR count). The van der Waals surface area contributed by atoms with Crippen LogP contribution in [0.4, 0.5) is 11.4 Å². The maximum Gasteiger partial charge on any atom is 0.277 e. The topological polar surface area (TPSA) is 67.2 Å². The summed E-state index contributed by atoms with van der Waals surface area (Å²) in [5.74, 6) is 0.371. The fourth-order valence-electron chi connectivity index (χ4n) is 2.05. The van der Waals surface area contributed by atoms with E-state index in [9.17, 15) is 4.79 Å².